The molecule has 2 aromatic heterocycles. The van der Waals surface area contributed by atoms with Gasteiger partial charge >= 0.3 is 0 Å². The van der Waals surface area contributed by atoms with Crippen LogP contribution in [0.4, 0.5) is 0 Å². The lowest BCUT2D eigenvalue weighted by atomic mass is 10.1. The lowest BCUT2D eigenvalue weighted by molar-refractivity contribution is 0.486. The van der Waals surface area contributed by atoms with Gasteiger partial charge in [-0.3, -0.25) is 0 Å². The Bertz CT molecular complexity index is 948. The SMILES string of the molecule is CCC(c1cc2ccccc2n1C)n1nnc2ccccc21. The smallest absolute Gasteiger partial charge is 0.113 e. The molecule has 4 nitrogen and oxygen atoms in total. The van der Waals surface area contributed by atoms with Gasteiger partial charge in [-0.2, -0.15) is 0 Å². The van der Waals surface area contributed by atoms with E-state index in [1.807, 2.05) is 22.9 Å². The van der Waals surface area contributed by atoms with Crippen molar-refractivity contribution in [3.8, 4) is 0 Å². The molecule has 0 spiro atoms. The van der Waals surface area contributed by atoms with Crippen LogP contribution in [0.15, 0.2) is 54.6 Å². The summed E-state index contributed by atoms with van der Waals surface area (Å²) in [7, 11) is 2.12. The summed E-state index contributed by atoms with van der Waals surface area (Å²) in [6, 6.07) is 19.1. The molecule has 0 aliphatic heterocycles. The molecule has 0 radical (unpaired) electrons. The maximum absolute atomic E-state index is 4.41. The summed E-state index contributed by atoms with van der Waals surface area (Å²) in [5, 5.41) is 9.97. The molecule has 0 N–H and O–H groups in total. The Morgan fingerprint density at radius 2 is 1.73 bits per heavy atom. The number of fused-ring (bicyclic) bond motifs is 2. The highest BCUT2D eigenvalue weighted by molar-refractivity contribution is 5.81. The number of aromatic nitrogens is 4. The van der Waals surface area contributed by atoms with Crippen molar-refractivity contribution in [2.45, 2.75) is 19.4 Å². The Hall–Kier alpha value is -2.62. The van der Waals surface area contributed by atoms with Crippen LogP contribution in [0.25, 0.3) is 21.9 Å². The maximum atomic E-state index is 4.41. The van der Waals surface area contributed by atoms with Crippen LogP contribution in [0.1, 0.15) is 25.1 Å². The van der Waals surface area contributed by atoms with Crippen LogP contribution in [0.2, 0.25) is 0 Å². The Balaban J connectivity index is 1.92. The zero-order valence-corrected chi connectivity index (χ0v) is 12.8. The zero-order chi connectivity index (χ0) is 15.1. The monoisotopic (exact) mass is 290 g/mol. The van der Waals surface area contributed by atoms with Crippen molar-refractivity contribution in [3.05, 3.63) is 60.3 Å². The number of para-hydroxylation sites is 2. The van der Waals surface area contributed by atoms with Gasteiger partial charge < -0.3 is 4.57 Å². The van der Waals surface area contributed by atoms with E-state index >= 15 is 0 Å². The third-order valence-electron chi connectivity index (χ3n) is 4.39. The largest absolute Gasteiger partial charge is 0.346 e. The number of aryl methyl sites for hydroxylation is 1. The van der Waals surface area contributed by atoms with Gasteiger partial charge in [0.15, 0.2) is 0 Å². The maximum Gasteiger partial charge on any atom is 0.113 e. The molecule has 1 unspecified atom stereocenters. The molecular formula is C18H18N4. The molecule has 0 fully saturated rings. The predicted molar refractivity (Wildman–Crippen MR) is 88.9 cm³/mol. The molecule has 22 heavy (non-hydrogen) atoms. The Morgan fingerprint density at radius 1 is 1.00 bits per heavy atom. The van der Waals surface area contributed by atoms with E-state index in [0.29, 0.717) is 0 Å². The first-order valence-corrected chi connectivity index (χ1v) is 7.64. The van der Waals surface area contributed by atoms with E-state index in [1.54, 1.807) is 0 Å². The van der Waals surface area contributed by atoms with Crippen molar-refractivity contribution < 1.29 is 0 Å². The molecule has 0 amide bonds. The van der Waals surface area contributed by atoms with Gasteiger partial charge in [0, 0.05) is 18.3 Å². The van der Waals surface area contributed by atoms with Crippen molar-refractivity contribution in [2.24, 2.45) is 7.05 Å². The van der Waals surface area contributed by atoms with Crippen molar-refractivity contribution in [3.63, 3.8) is 0 Å². The highest BCUT2D eigenvalue weighted by Crippen LogP contribution is 2.29. The molecule has 0 saturated carbocycles. The summed E-state index contributed by atoms with van der Waals surface area (Å²) in [6.07, 6.45) is 0.970. The van der Waals surface area contributed by atoms with E-state index in [1.165, 1.54) is 16.6 Å². The minimum atomic E-state index is 0.185. The molecule has 4 aromatic rings. The van der Waals surface area contributed by atoms with Crippen LogP contribution in [-0.2, 0) is 7.05 Å². The molecule has 2 aromatic carbocycles. The summed E-state index contributed by atoms with van der Waals surface area (Å²) in [5.41, 5.74) is 4.54. The molecule has 4 heteroatoms. The first kappa shape index (κ1) is 13.1. The second-order valence-electron chi connectivity index (χ2n) is 5.63. The van der Waals surface area contributed by atoms with Gasteiger partial charge in [-0.15, -0.1) is 5.10 Å². The van der Waals surface area contributed by atoms with Crippen LogP contribution in [0, 0.1) is 0 Å². The summed E-state index contributed by atoms with van der Waals surface area (Å²) in [4.78, 5) is 0. The van der Waals surface area contributed by atoms with Crippen molar-refractivity contribution in [1.82, 2.24) is 19.6 Å². The fourth-order valence-electron chi connectivity index (χ4n) is 3.25. The zero-order valence-electron chi connectivity index (χ0n) is 12.8. The standard InChI is InChI=1S/C18H18N4/c1-3-15(22-17-11-7-5-9-14(17)19-20-22)18-12-13-8-4-6-10-16(13)21(18)2/h4-12,15H,3H2,1-2H3. The van der Waals surface area contributed by atoms with Crippen molar-refractivity contribution >= 4 is 21.9 Å². The molecule has 4 rings (SSSR count). The van der Waals surface area contributed by atoms with E-state index in [-0.39, 0.29) is 6.04 Å². The van der Waals surface area contributed by atoms with E-state index < -0.39 is 0 Å². The van der Waals surface area contributed by atoms with E-state index in [0.717, 1.165) is 17.5 Å². The minimum absolute atomic E-state index is 0.185. The third kappa shape index (κ3) is 1.84. The van der Waals surface area contributed by atoms with E-state index in [9.17, 15) is 0 Å². The first-order chi connectivity index (χ1) is 10.8. The van der Waals surface area contributed by atoms with Crippen molar-refractivity contribution in [1.29, 1.82) is 0 Å². The Labute approximate surface area is 129 Å². The molecular weight excluding hydrogens is 272 g/mol. The summed E-state index contributed by atoms with van der Waals surface area (Å²) < 4.78 is 4.31. The third-order valence-corrected chi connectivity index (χ3v) is 4.39. The topological polar surface area (TPSA) is 35.6 Å². The Kier molecular flexibility index (Phi) is 2.96. The minimum Gasteiger partial charge on any atom is -0.346 e. The van der Waals surface area contributed by atoms with Crippen LogP contribution in [-0.4, -0.2) is 19.6 Å². The molecule has 0 aliphatic rings. The van der Waals surface area contributed by atoms with Crippen LogP contribution < -0.4 is 0 Å². The van der Waals surface area contributed by atoms with Crippen LogP contribution >= 0.6 is 0 Å². The first-order valence-electron chi connectivity index (χ1n) is 7.64. The van der Waals surface area contributed by atoms with Gasteiger partial charge in [-0.1, -0.05) is 42.5 Å². The predicted octanol–water partition coefficient (Wildman–Crippen LogP) is 3.92. The summed E-state index contributed by atoms with van der Waals surface area (Å²) in [6.45, 7) is 2.19. The lowest BCUT2D eigenvalue weighted by Crippen LogP contribution is -2.14. The van der Waals surface area contributed by atoms with E-state index in [4.69, 9.17) is 0 Å². The average Bonchev–Trinajstić information content (AvgIpc) is 3.12. The highest BCUT2D eigenvalue weighted by Gasteiger charge is 2.20. The van der Waals surface area contributed by atoms with Gasteiger partial charge in [0.1, 0.15) is 5.52 Å². The van der Waals surface area contributed by atoms with Gasteiger partial charge in [0.25, 0.3) is 0 Å². The number of hydrogen-bond acceptors (Lipinski definition) is 2. The van der Waals surface area contributed by atoms with Gasteiger partial charge in [-0.25, -0.2) is 4.68 Å². The van der Waals surface area contributed by atoms with Gasteiger partial charge in [0.2, 0.25) is 0 Å². The molecule has 0 saturated heterocycles. The van der Waals surface area contributed by atoms with Crippen LogP contribution in [0.3, 0.4) is 0 Å². The number of benzene rings is 2. The van der Waals surface area contributed by atoms with Crippen LogP contribution in [0.5, 0.6) is 0 Å². The van der Waals surface area contributed by atoms with Crippen molar-refractivity contribution in [2.75, 3.05) is 0 Å². The lowest BCUT2D eigenvalue weighted by Gasteiger charge is -2.17. The molecule has 2 heterocycles. The molecule has 0 bridgehead atoms. The number of hydrogen-bond donors (Lipinski definition) is 0. The van der Waals surface area contributed by atoms with Gasteiger partial charge in [-0.05, 0) is 36.1 Å². The second-order valence-corrected chi connectivity index (χ2v) is 5.63. The second kappa shape index (κ2) is 4.98. The Morgan fingerprint density at radius 3 is 2.50 bits per heavy atom. The summed E-state index contributed by atoms with van der Waals surface area (Å²) in [5.74, 6) is 0. The fraction of sp³-hybridized carbons (Fsp3) is 0.222. The molecule has 1 atom stereocenters. The normalized spacial score (nSPS) is 13.0. The fourth-order valence-corrected chi connectivity index (χ4v) is 3.25. The summed E-state index contributed by atoms with van der Waals surface area (Å²) >= 11 is 0. The quantitative estimate of drug-likeness (QED) is 0.573. The molecule has 0 aliphatic carbocycles. The average molecular weight is 290 g/mol. The number of rotatable bonds is 3. The molecule has 110 valence electrons. The highest BCUT2D eigenvalue weighted by atomic mass is 15.4. The number of nitrogens with zero attached hydrogens (tertiary/aromatic N) is 4. The van der Waals surface area contributed by atoms with E-state index in [2.05, 4.69) is 65.2 Å². The van der Waals surface area contributed by atoms with Gasteiger partial charge in [0.05, 0.1) is 11.6 Å².